The molecule has 1 saturated heterocycles. The SMILES string of the molecule is CCN1CCC(C(C)NC(C)C(=O)N(C)CC)CC1. The van der Waals surface area contributed by atoms with Gasteiger partial charge in [-0.2, -0.15) is 0 Å². The van der Waals surface area contributed by atoms with Gasteiger partial charge in [-0.1, -0.05) is 6.92 Å². The van der Waals surface area contributed by atoms with Crippen molar-refractivity contribution in [2.24, 2.45) is 5.92 Å². The molecule has 1 heterocycles. The molecule has 0 aromatic heterocycles. The smallest absolute Gasteiger partial charge is 0.239 e. The van der Waals surface area contributed by atoms with Gasteiger partial charge in [0.25, 0.3) is 0 Å². The third-order valence-electron chi connectivity index (χ3n) is 4.52. The summed E-state index contributed by atoms with van der Waals surface area (Å²) in [5.41, 5.74) is 0. The lowest BCUT2D eigenvalue weighted by Crippen LogP contribution is -2.50. The summed E-state index contributed by atoms with van der Waals surface area (Å²) in [6, 6.07) is 0.340. The Balaban J connectivity index is 2.38. The van der Waals surface area contributed by atoms with Gasteiger partial charge in [0.1, 0.15) is 0 Å². The van der Waals surface area contributed by atoms with Crippen LogP contribution in [-0.4, -0.2) is 61.0 Å². The summed E-state index contributed by atoms with van der Waals surface area (Å²) < 4.78 is 0. The first-order chi connectivity index (χ1) is 8.99. The fraction of sp³-hybridized carbons (Fsp3) is 0.933. The number of amides is 1. The number of carbonyl (C=O) groups excluding carboxylic acids is 1. The van der Waals surface area contributed by atoms with Gasteiger partial charge in [-0.15, -0.1) is 0 Å². The molecule has 0 radical (unpaired) electrons. The number of nitrogens with zero attached hydrogens (tertiary/aromatic N) is 2. The van der Waals surface area contributed by atoms with Crippen molar-refractivity contribution in [2.45, 2.75) is 52.6 Å². The molecule has 1 aliphatic heterocycles. The molecule has 0 aliphatic carbocycles. The van der Waals surface area contributed by atoms with Crippen molar-refractivity contribution < 1.29 is 4.79 Å². The van der Waals surface area contributed by atoms with Crippen LogP contribution in [0.2, 0.25) is 0 Å². The molecule has 1 aliphatic rings. The molecule has 1 rings (SSSR count). The molecule has 19 heavy (non-hydrogen) atoms. The highest BCUT2D eigenvalue weighted by atomic mass is 16.2. The van der Waals surface area contributed by atoms with Gasteiger partial charge in [-0.25, -0.2) is 0 Å². The van der Waals surface area contributed by atoms with Crippen molar-refractivity contribution in [1.82, 2.24) is 15.1 Å². The first kappa shape index (κ1) is 16.4. The number of carbonyl (C=O) groups is 1. The van der Waals surface area contributed by atoms with Crippen LogP contribution in [0.1, 0.15) is 40.5 Å². The molecule has 0 saturated carbocycles. The van der Waals surface area contributed by atoms with Crippen molar-refractivity contribution in [2.75, 3.05) is 33.2 Å². The minimum Gasteiger partial charge on any atom is -0.345 e. The molecule has 1 amide bonds. The maximum Gasteiger partial charge on any atom is 0.239 e. The van der Waals surface area contributed by atoms with Crippen molar-refractivity contribution in [3.05, 3.63) is 0 Å². The maximum absolute atomic E-state index is 12.0. The highest BCUT2D eigenvalue weighted by Gasteiger charge is 2.26. The predicted octanol–water partition coefficient (Wildman–Crippen LogP) is 1.56. The van der Waals surface area contributed by atoms with Crippen molar-refractivity contribution >= 4 is 5.91 Å². The topological polar surface area (TPSA) is 35.6 Å². The Labute approximate surface area is 118 Å². The van der Waals surface area contributed by atoms with Crippen LogP contribution in [0, 0.1) is 5.92 Å². The highest BCUT2D eigenvalue weighted by Crippen LogP contribution is 2.20. The summed E-state index contributed by atoms with van der Waals surface area (Å²) in [7, 11) is 1.87. The Hall–Kier alpha value is -0.610. The van der Waals surface area contributed by atoms with Crippen molar-refractivity contribution in [1.29, 1.82) is 0 Å². The van der Waals surface area contributed by atoms with Crippen LogP contribution in [0.25, 0.3) is 0 Å². The molecular formula is C15H31N3O. The van der Waals surface area contributed by atoms with Crippen LogP contribution < -0.4 is 5.32 Å². The van der Waals surface area contributed by atoms with Gasteiger partial charge in [0.05, 0.1) is 6.04 Å². The fourth-order valence-electron chi connectivity index (χ4n) is 2.86. The lowest BCUT2D eigenvalue weighted by molar-refractivity contribution is -0.131. The zero-order chi connectivity index (χ0) is 14.4. The van der Waals surface area contributed by atoms with Crippen LogP contribution in [0.3, 0.4) is 0 Å². The highest BCUT2D eigenvalue weighted by molar-refractivity contribution is 5.81. The van der Waals surface area contributed by atoms with E-state index in [4.69, 9.17) is 0 Å². The van der Waals surface area contributed by atoms with E-state index >= 15 is 0 Å². The van der Waals surface area contributed by atoms with Gasteiger partial charge in [-0.05, 0) is 59.2 Å². The molecular weight excluding hydrogens is 238 g/mol. The Morgan fingerprint density at radius 1 is 1.32 bits per heavy atom. The summed E-state index contributed by atoms with van der Waals surface area (Å²) >= 11 is 0. The van der Waals surface area contributed by atoms with E-state index in [1.807, 2.05) is 20.9 Å². The second-order valence-corrected chi connectivity index (χ2v) is 5.80. The largest absolute Gasteiger partial charge is 0.345 e. The Morgan fingerprint density at radius 2 is 1.89 bits per heavy atom. The van der Waals surface area contributed by atoms with Gasteiger partial charge in [0.15, 0.2) is 0 Å². The van der Waals surface area contributed by atoms with E-state index < -0.39 is 0 Å². The number of rotatable bonds is 6. The molecule has 0 aromatic rings. The minimum atomic E-state index is -0.0795. The van der Waals surface area contributed by atoms with Crippen LogP contribution in [0.4, 0.5) is 0 Å². The molecule has 4 heteroatoms. The third kappa shape index (κ3) is 4.77. The van der Waals surface area contributed by atoms with E-state index in [0.29, 0.717) is 12.0 Å². The summed E-state index contributed by atoms with van der Waals surface area (Å²) in [6.07, 6.45) is 2.49. The number of hydrogen-bond donors (Lipinski definition) is 1. The van der Waals surface area contributed by atoms with Crippen LogP contribution in [-0.2, 0) is 4.79 Å². The van der Waals surface area contributed by atoms with Gasteiger partial charge in [0, 0.05) is 19.6 Å². The Bertz CT molecular complexity index is 275. The van der Waals surface area contributed by atoms with Crippen LogP contribution in [0.5, 0.6) is 0 Å². The predicted molar refractivity (Wildman–Crippen MR) is 80.2 cm³/mol. The van der Waals surface area contributed by atoms with E-state index in [2.05, 4.69) is 24.1 Å². The molecule has 4 nitrogen and oxygen atoms in total. The van der Waals surface area contributed by atoms with E-state index in [1.165, 1.54) is 25.9 Å². The first-order valence-electron chi connectivity index (χ1n) is 7.72. The average Bonchev–Trinajstić information content (AvgIpc) is 2.45. The van der Waals surface area contributed by atoms with Gasteiger partial charge < -0.3 is 15.1 Å². The van der Waals surface area contributed by atoms with E-state index in [-0.39, 0.29) is 11.9 Å². The molecule has 112 valence electrons. The third-order valence-corrected chi connectivity index (χ3v) is 4.52. The molecule has 0 aromatic carbocycles. The van der Waals surface area contributed by atoms with E-state index in [9.17, 15) is 4.79 Å². The maximum atomic E-state index is 12.0. The summed E-state index contributed by atoms with van der Waals surface area (Å²) in [4.78, 5) is 16.3. The second kappa shape index (κ2) is 7.85. The zero-order valence-corrected chi connectivity index (χ0v) is 13.3. The molecule has 1 fully saturated rings. The normalized spacial score (nSPS) is 21.1. The lowest BCUT2D eigenvalue weighted by atomic mass is 9.90. The summed E-state index contributed by atoms with van der Waals surface area (Å²) in [6.45, 7) is 12.8. The number of likely N-dealkylation sites (N-methyl/N-ethyl adjacent to an activating group) is 1. The number of likely N-dealkylation sites (tertiary alicyclic amines) is 1. The Morgan fingerprint density at radius 3 is 2.37 bits per heavy atom. The quantitative estimate of drug-likeness (QED) is 0.795. The second-order valence-electron chi connectivity index (χ2n) is 5.80. The summed E-state index contributed by atoms with van der Waals surface area (Å²) in [5.74, 6) is 0.894. The lowest BCUT2D eigenvalue weighted by Gasteiger charge is -2.35. The standard InChI is InChI=1S/C15H31N3O/c1-6-17(5)15(19)13(4)16-12(3)14-8-10-18(7-2)11-9-14/h12-14,16H,6-11H2,1-5H3. The monoisotopic (exact) mass is 269 g/mol. The number of piperidine rings is 1. The summed E-state index contributed by atoms with van der Waals surface area (Å²) in [5, 5.41) is 3.49. The average molecular weight is 269 g/mol. The van der Waals surface area contributed by atoms with Gasteiger partial charge in [-0.3, -0.25) is 4.79 Å². The molecule has 2 unspecified atom stereocenters. The van der Waals surface area contributed by atoms with Crippen LogP contribution >= 0.6 is 0 Å². The van der Waals surface area contributed by atoms with Crippen molar-refractivity contribution in [3.63, 3.8) is 0 Å². The minimum absolute atomic E-state index is 0.0795. The Kier molecular flexibility index (Phi) is 6.80. The van der Waals surface area contributed by atoms with Crippen molar-refractivity contribution in [3.8, 4) is 0 Å². The molecule has 0 spiro atoms. The molecule has 0 bridgehead atoms. The fourth-order valence-corrected chi connectivity index (χ4v) is 2.86. The van der Waals surface area contributed by atoms with Gasteiger partial charge in [0.2, 0.25) is 5.91 Å². The molecule has 2 atom stereocenters. The van der Waals surface area contributed by atoms with Gasteiger partial charge >= 0.3 is 0 Å². The van der Waals surface area contributed by atoms with E-state index in [0.717, 1.165) is 13.1 Å². The van der Waals surface area contributed by atoms with Crippen LogP contribution in [0.15, 0.2) is 0 Å². The number of nitrogens with one attached hydrogen (secondary N) is 1. The van der Waals surface area contributed by atoms with E-state index in [1.54, 1.807) is 4.90 Å². The first-order valence-corrected chi connectivity index (χ1v) is 7.72. The zero-order valence-electron chi connectivity index (χ0n) is 13.3. The molecule has 1 N–H and O–H groups in total. The number of hydrogen-bond acceptors (Lipinski definition) is 3.